The maximum Gasteiger partial charge on any atom is 0.255 e. The number of carbonyl (C=O) groups excluding carboxylic acids is 1. The van der Waals surface area contributed by atoms with E-state index < -0.39 is 0 Å². The zero-order valence-corrected chi connectivity index (χ0v) is 10.8. The normalized spacial score (nSPS) is 9.76. The molecule has 0 aliphatic rings. The van der Waals surface area contributed by atoms with E-state index in [1.54, 1.807) is 23.1 Å². The van der Waals surface area contributed by atoms with Crippen LogP contribution in [0, 0.1) is 18.3 Å². The van der Waals surface area contributed by atoms with Crippen molar-refractivity contribution in [2.24, 2.45) is 0 Å². The van der Waals surface area contributed by atoms with E-state index in [2.05, 4.69) is 0 Å². The van der Waals surface area contributed by atoms with Crippen molar-refractivity contribution in [1.82, 2.24) is 4.90 Å². The molecular formula is C13H15ClN2O. The summed E-state index contributed by atoms with van der Waals surface area (Å²) < 4.78 is 0. The molecule has 3 nitrogen and oxygen atoms in total. The van der Waals surface area contributed by atoms with Gasteiger partial charge in [0.05, 0.1) is 6.07 Å². The van der Waals surface area contributed by atoms with Crippen molar-refractivity contribution in [2.45, 2.75) is 20.3 Å². The van der Waals surface area contributed by atoms with E-state index in [1.807, 2.05) is 19.9 Å². The predicted octanol–water partition coefficient (Wildman–Crippen LogP) is 3.02. The molecule has 1 aromatic rings. The van der Waals surface area contributed by atoms with Gasteiger partial charge in [0.25, 0.3) is 5.91 Å². The van der Waals surface area contributed by atoms with Crippen LogP contribution in [0.3, 0.4) is 0 Å². The van der Waals surface area contributed by atoms with E-state index in [0.29, 0.717) is 17.1 Å². The summed E-state index contributed by atoms with van der Waals surface area (Å²) in [5, 5.41) is 9.29. The van der Waals surface area contributed by atoms with Crippen molar-refractivity contribution in [2.75, 3.05) is 13.1 Å². The SMILES string of the molecule is CCCN(CC#N)C(=O)c1cccc(Cl)c1C. The second-order valence-corrected chi connectivity index (χ2v) is 4.20. The monoisotopic (exact) mass is 250 g/mol. The first kappa shape index (κ1) is 13.5. The van der Waals surface area contributed by atoms with Crippen molar-refractivity contribution >= 4 is 17.5 Å². The number of nitrogens with zero attached hydrogens (tertiary/aromatic N) is 2. The lowest BCUT2D eigenvalue weighted by Crippen LogP contribution is -2.32. The van der Waals surface area contributed by atoms with Crippen LogP contribution in [0.25, 0.3) is 0 Å². The minimum atomic E-state index is -0.131. The Morgan fingerprint density at radius 2 is 2.24 bits per heavy atom. The molecule has 4 heteroatoms. The van der Waals surface area contributed by atoms with Gasteiger partial charge in [-0.2, -0.15) is 5.26 Å². The van der Waals surface area contributed by atoms with Crippen molar-refractivity contribution < 1.29 is 4.79 Å². The highest BCUT2D eigenvalue weighted by atomic mass is 35.5. The minimum Gasteiger partial charge on any atom is -0.325 e. The summed E-state index contributed by atoms with van der Waals surface area (Å²) in [6.07, 6.45) is 0.826. The summed E-state index contributed by atoms with van der Waals surface area (Å²) in [7, 11) is 0. The molecule has 0 saturated heterocycles. The molecule has 1 amide bonds. The highest BCUT2D eigenvalue weighted by Gasteiger charge is 2.17. The zero-order chi connectivity index (χ0) is 12.8. The van der Waals surface area contributed by atoms with Crippen LogP contribution >= 0.6 is 11.6 Å². The number of amides is 1. The van der Waals surface area contributed by atoms with E-state index in [0.717, 1.165) is 12.0 Å². The van der Waals surface area contributed by atoms with Crippen molar-refractivity contribution in [1.29, 1.82) is 5.26 Å². The van der Waals surface area contributed by atoms with Gasteiger partial charge in [0, 0.05) is 17.1 Å². The van der Waals surface area contributed by atoms with Gasteiger partial charge < -0.3 is 4.90 Å². The summed E-state index contributed by atoms with van der Waals surface area (Å²) in [6, 6.07) is 7.25. The molecule has 0 spiro atoms. The molecule has 0 atom stereocenters. The molecule has 0 aromatic heterocycles. The highest BCUT2D eigenvalue weighted by Crippen LogP contribution is 2.20. The van der Waals surface area contributed by atoms with Crippen LogP contribution in [0.1, 0.15) is 29.3 Å². The van der Waals surface area contributed by atoms with Crippen molar-refractivity contribution in [3.05, 3.63) is 34.3 Å². The first-order chi connectivity index (χ1) is 8.11. The Morgan fingerprint density at radius 3 is 2.82 bits per heavy atom. The van der Waals surface area contributed by atoms with Crippen LogP contribution in [0.5, 0.6) is 0 Å². The van der Waals surface area contributed by atoms with Crippen molar-refractivity contribution in [3.63, 3.8) is 0 Å². The fourth-order valence-corrected chi connectivity index (χ4v) is 1.79. The van der Waals surface area contributed by atoms with Gasteiger partial charge in [-0.05, 0) is 31.0 Å². The van der Waals surface area contributed by atoms with Gasteiger partial charge in [0.15, 0.2) is 0 Å². The third kappa shape index (κ3) is 3.21. The fraction of sp³-hybridized carbons (Fsp3) is 0.385. The summed E-state index contributed by atoms with van der Waals surface area (Å²) in [6.45, 7) is 4.48. The van der Waals surface area contributed by atoms with E-state index >= 15 is 0 Å². The van der Waals surface area contributed by atoms with Crippen LogP contribution in [-0.2, 0) is 0 Å². The number of halogens is 1. The Hall–Kier alpha value is -1.53. The molecule has 0 radical (unpaired) electrons. The lowest BCUT2D eigenvalue weighted by molar-refractivity contribution is 0.0775. The number of benzene rings is 1. The molecule has 1 aromatic carbocycles. The van der Waals surface area contributed by atoms with Crippen LogP contribution in [-0.4, -0.2) is 23.9 Å². The van der Waals surface area contributed by atoms with Gasteiger partial charge in [0.1, 0.15) is 6.54 Å². The smallest absolute Gasteiger partial charge is 0.255 e. The quantitative estimate of drug-likeness (QED) is 0.771. The van der Waals surface area contributed by atoms with Gasteiger partial charge >= 0.3 is 0 Å². The number of rotatable bonds is 4. The van der Waals surface area contributed by atoms with E-state index in [9.17, 15) is 4.79 Å². The second-order valence-electron chi connectivity index (χ2n) is 3.80. The maximum atomic E-state index is 12.2. The van der Waals surface area contributed by atoms with Gasteiger partial charge in [-0.1, -0.05) is 24.6 Å². The van der Waals surface area contributed by atoms with Gasteiger partial charge in [0.2, 0.25) is 0 Å². The lowest BCUT2D eigenvalue weighted by atomic mass is 10.1. The summed E-state index contributed by atoms with van der Waals surface area (Å²) in [5.74, 6) is -0.131. The van der Waals surface area contributed by atoms with Crippen molar-refractivity contribution in [3.8, 4) is 6.07 Å². The number of nitriles is 1. The van der Waals surface area contributed by atoms with Gasteiger partial charge in [-0.15, -0.1) is 0 Å². The van der Waals surface area contributed by atoms with Crippen LogP contribution in [0.15, 0.2) is 18.2 Å². The molecule has 17 heavy (non-hydrogen) atoms. The molecule has 0 saturated carbocycles. The molecular weight excluding hydrogens is 236 g/mol. The Morgan fingerprint density at radius 1 is 1.53 bits per heavy atom. The molecule has 0 unspecified atom stereocenters. The average molecular weight is 251 g/mol. The lowest BCUT2D eigenvalue weighted by Gasteiger charge is -2.20. The first-order valence-electron chi connectivity index (χ1n) is 5.53. The Balaban J connectivity index is 3.01. The zero-order valence-electron chi connectivity index (χ0n) is 10.0. The average Bonchev–Trinajstić information content (AvgIpc) is 2.31. The largest absolute Gasteiger partial charge is 0.325 e. The molecule has 0 N–H and O–H groups in total. The van der Waals surface area contributed by atoms with Crippen LogP contribution < -0.4 is 0 Å². The Kier molecular flexibility index (Phi) is 4.99. The molecule has 0 bridgehead atoms. The molecule has 0 heterocycles. The first-order valence-corrected chi connectivity index (χ1v) is 5.91. The van der Waals surface area contributed by atoms with Crippen LogP contribution in [0.2, 0.25) is 5.02 Å². The van der Waals surface area contributed by atoms with E-state index in [-0.39, 0.29) is 12.5 Å². The number of hydrogen-bond donors (Lipinski definition) is 0. The maximum absolute atomic E-state index is 12.2. The third-order valence-corrected chi connectivity index (χ3v) is 2.95. The summed E-state index contributed by atoms with van der Waals surface area (Å²) in [5.41, 5.74) is 1.33. The molecule has 1 rings (SSSR count). The third-order valence-electron chi connectivity index (χ3n) is 2.54. The number of carbonyl (C=O) groups is 1. The standard InChI is InChI=1S/C13H15ClN2O/c1-3-8-16(9-7-15)13(17)11-5-4-6-12(14)10(11)2/h4-6H,3,8-9H2,1-2H3. The van der Waals surface area contributed by atoms with Crippen LogP contribution in [0.4, 0.5) is 0 Å². The minimum absolute atomic E-state index is 0.110. The summed E-state index contributed by atoms with van der Waals surface area (Å²) in [4.78, 5) is 13.8. The molecule has 0 aliphatic heterocycles. The molecule has 90 valence electrons. The predicted molar refractivity (Wildman–Crippen MR) is 68.0 cm³/mol. The summed E-state index contributed by atoms with van der Waals surface area (Å²) >= 11 is 5.98. The Labute approximate surface area is 107 Å². The topological polar surface area (TPSA) is 44.1 Å². The fourth-order valence-electron chi connectivity index (χ4n) is 1.62. The molecule has 0 fully saturated rings. The van der Waals surface area contributed by atoms with E-state index in [4.69, 9.17) is 16.9 Å². The second kappa shape index (κ2) is 6.27. The number of hydrogen-bond acceptors (Lipinski definition) is 2. The Bertz CT molecular complexity index is 451. The molecule has 0 aliphatic carbocycles. The highest BCUT2D eigenvalue weighted by molar-refractivity contribution is 6.31. The van der Waals surface area contributed by atoms with Gasteiger partial charge in [-0.3, -0.25) is 4.79 Å². The van der Waals surface area contributed by atoms with E-state index in [1.165, 1.54) is 0 Å². The van der Waals surface area contributed by atoms with Gasteiger partial charge in [-0.25, -0.2) is 0 Å².